The lowest BCUT2D eigenvalue weighted by atomic mass is 9.94. The van der Waals surface area contributed by atoms with Crippen LogP contribution in [0.1, 0.15) is 36.6 Å². The number of fused-ring (bicyclic) bond motifs is 2. The summed E-state index contributed by atoms with van der Waals surface area (Å²) < 4.78 is 39.5. The summed E-state index contributed by atoms with van der Waals surface area (Å²) >= 11 is 0. The smallest absolute Gasteiger partial charge is 0.296 e. The highest BCUT2D eigenvalue weighted by atomic mass is 19.4. The van der Waals surface area contributed by atoms with Gasteiger partial charge >= 0.3 is 6.18 Å². The Morgan fingerprint density at radius 1 is 1.41 bits per heavy atom. The number of alkyl halides is 3. The number of nitrogens with zero attached hydrogens (tertiary/aromatic N) is 3. The maximum Gasteiger partial charge on any atom is 0.389 e. The maximum atomic E-state index is 12.7. The molecular formula is C15H12F3N3O. The molecule has 1 aliphatic heterocycles. The van der Waals surface area contributed by atoms with Crippen molar-refractivity contribution in [3.05, 3.63) is 39.9 Å². The van der Waals surface area contributed by atoms with Crippen molar-refractivity contribution >= 4 is 10.9 Å². The molecule has 0 N–H and O–H groups in total. The predicted octanol–water partition coefficient (Wildman–Crippen LogP) is 3.10. The van der Waals surface area contributed by atoms with Gasteiger partial charge in [0.05, 0.1) is 29.0 Å². The minimum Gasteiger partial charge on any atom is -0.296 e. The summed E-state index contributed by atoms with van der Waals surface area (Å²) in [4.78, 5) is 16.7. The molecule has 1 atom stereocenters. The Morgan fingerprint density at radius 2 is 2.18 bits per heavy atom. The van der Waals surface area contributed by atoms with Crippen molar-refractivity contribution in [1.29, 1.82) is 5.26 Å². The molecule has 3 rings (SSSR count). The van der Waals surface area contributed by atoms with Gasteiger partial charge in [-0.15, -0.1) is 0 Å². The summed E-state index contributed by atoms with van der Waals surface area (Å²) in [5, 5.41) is 9.23. The van der Waals surface area contributed by atoms with E-state index in [1.54, 1.807) is 0 Å². The third-order valence-electron chi connectivity index (χ3n) is 3.89. The van der Waals surface area contributed by atoms with Gasteiger partial charge in [-0.05, 0) is 31.0 Å². The largest absolute Gasteiger partial charge is 0.389 e. The molecule has 22 heavy (non-hydrogen) atoms. The zero-order valence-electron chi connectivity index (χ0n) is 11.5. The van der Waals surface area contributed by atoms with E-state index in [4.69, 9.17) is 5.26 Å². The SMILES string of the molecule is N#Cc1ccc2c(=O)n3c(nc2c1)C(CC(F)(F)F)CCC3. The van der Waals surface area contributed by atoms with E-state index in [1.807, 2.05) is 6.07 Å². The van der Waals surface area contributed by atoms with E-state index in [0.29, 0.717) is 30.3 Å². The summed E-state index contributed by atoms with van der Waals surface area (Å²) in [5.74, 6) is -0.632. The molecule has 2 aromatic rings. The van der Waals surface area contributed by atoms with Crippen molar-refractivity contribution in [2.24, 2.45) is 0 Å². The van der Waals surface area contributed by atoms with Gasteiger partial charge in [0.25, 0.3) is 5.56 Å². The molecule has 0 fully saturated rings. The van der Waals surface area contributed by atoms with E-state index in [0.717, 1.165) is 0 Å². The predicted molar refractivity (Wildman–Crippen MR) is 73.4 cm³/mol. The van der Waals surface area contributed by atoms with Gasteiger partial charge in [-0.25, -0.2) is 4.98 Å². The molecule has 1 aliphatic rings. The Morgan fingerprint density at radius 3 is 2.86 bits per heavy atom. The van der Waals surface area contributed by atoms with Crippen LogP contribution in [0.2, 0.25) is 0 Å². The zero-order chi connectivity index (χ0) is 15.9. The van der Waals surface area contributed by atoms with Gasteiger partial charge < -0.3 is 0 Å². The highest BCUT2D eigenvalue weighted by molar-refractivity contribution is 5.79. The van der Waals surface area contributed by atoms with E-state index < -0.39 is 18.5 Å². The fourth-order valence-corrected chi connectivity index (χ4v) is 2.93. The molecule has 7 heteroatoms. The van der Waals surface area contributed by atoms with E-state index in [1.165, 1.54) is 22.8 Å². The standard InChI is InChI=1S/C15H12F3N3O/c16-15(17,18)7-10-2-1-5-21-13(10)20-12-6-9(8-19)3-4-11(12)14(21)22/h3-4,6,10H,1-2,5,7H2. The topological polar surface area (TPSA) is 58.7 Å². The normalized spacial score (nSPS) is 18.0. The van der Waals surface area contributed by atoms with Gasteiger partial charge in [0.2, 0.25) is 0 Å². The minimum absolute atomic E-state index is 0.177. The lowest BCUT2D eigenvalue weighted by Crippen LogP contribution is -2.32. The second kappa shape index (κ2) is 5.13. The Kier molecular flexibility index (Phi) is 3.39. The van der Waals surface area contributed by atoms with Crippen molar-refractivity contribution in [1.82, 2.24) is 9.55 Å². The first-order valence-electron chi connectivity index (χ1n) is 6.90. The van der Waals surface area contributed by atoms with E-state index in [9.17, 15) is 18.0 Å². The quantitative estimate of drug-likeness (QED) is 0.813. The number of hydrogen-bond donors (Lipinski definition) is 0. The third-order valence-corrected chi connectivity index (χ3v) is 3.89. The van der Waals surface area contributed by atoms with Crippen LogP contribution in [0.25, 0.3) is 10.9 Å². The lowest BCUT2D eigenvalue weighted by molar-refractivity contribution is -0.140. The van der Waals surface area contributed by atoms with Crippen LogP contribution in [-0.4, -0.2) is 15.7 Å². The number of aromatic nitrogens is 2. The highest BCUT2D eigenvalue weighted by Crippen LogP contribution is 2.35. The maximum absolute atomic E-state index is 12.7. The van der Waals surface area contributed by atoms with Crippen molar-refractivity contribution in [2.45, 2.75) is 37.9 Å². The summed E-state index contributed by atoms with van der Waals surface area (Å²) in [6.45, 7) is 0.380. The molecule has 114 valence electrons. The first-order chi connectivity index (χ1) is 10.4. The molecule has 0 aliphatic carbocycles. The second-order valence-electron chi connectivity index (χ2n) is 5.43. The molecule has 1 aromatic carbocycles. The number of hydrogen-bond acceptors (Lipinski definition) is 3. The molecule has 4 nitrogen and oxygen atoms in total. The Balaban J connectivity index is 2.19. The van der Waals surface area contributed by atoms with Gasteiger partial charge in [0, 0.05) is 12.5 Å². The van der Waals surface area contributed by atoms with Crippen LogP contribution in [0.15, 0.2) is 23.0 Å². The number of halogens is 3. The molecule has 0 spiro atoms. The Bertz CT molecular complexity index is 833. The first kappa shape index (κ1) is 14.6. The van der Waals surface area contributed by atoms with Crippen LogP contribution in [-0.2, 0) is 6.54 Å². The molecule has 0 amide bonds. The van der Waals surface area contributed by atoms with Gasteiger partial charge in [-0.2, -0.15) is 18.4 Å². The van der Waals surface area contributed by atoms with Crippen LogP contribution < -0.4 is 5.56 Å². The molecule has 0 radical (unpaired) electrons. The molecule has 2 heterocycles. The molecule has 0 bridgehead atoms. The number of nitriles is 1. The van der Waals surface area contributed by atoms with Gasteiger partial charge in [0.15, 0.2) is 0 Å². The van der Waals surface area contributed by atoms with E-state index >= 15 is 0 Å². The average molecular weight is 307 g/mol. The minimum atomic E-state index is -4.30. The molecule has 1 aromatic heterocycles. The fourth-order valence-electron chi connectivity index (χ4n) is 2.93. The van der Waals surface area contributed by atoms with E-state index in [2.05, 4.69) is 4.98 Å². The van der Waals surface area contributed by atoms with Crippen molar-refractivity contribution in [2.75, 3.05) is 0 Å². The van der Waals surface area contributed by atoms with Crippen molar-refractivity contribution in [3.8, 4) is 6.07 Å². The highest BCUT2D eigenvalue weighted by Gasteiger charge is 2.36. The second-order valence-corrected chi connectivity index (χ2v) is 5.43. The van der Waals surface area contributed by atoms with Crippen LogP contribution in [0.5, 0.6) is 0 Å². The molecule has 0 saturated carbocycles. The Hall–Kier alpha value is -2.36. The van der Waals surface area contributed by atoms with Gasteiger partial charge in [-0.3, -0.25) is 9.36 Å². The number of benzene rings is 1. The van der Waals surface area contributed by atoms with E-state index in [-0.39, 0.29) is 16.9 Å². The van der Waals surface area contributed by atoms with Crippen molar-refractivity contribution < 1.29 is 13.2 Å². The van der Waals surface area contributed by atoms with Gasteiger partial charge in [-0.1, -0.05) is 0 Å². The van der Waals surface area contributed by atoms with Crippen LogP contribution >= 0.6 is 0 Å². The summed E-state index contributed by atoms with van der Waals surface area (Å²) in [6, 6.07) is 6.39. The van der Waals surface area contributed by atoms with Crippen LogP contribution in [0.4, 0.5) is 13.2 Å². The monoisotopic (exact) mass is 307 g/mol. The summed E-state index contributed by atoms with van der Waals surface area (Å²) in [6.07, 6.45) is -4.40. The lowest BCUT2D eigenvalue weighted by Gasteiger charge is -2.26. The van der Waals surface area contributed by atoms with Crippen molar-refractivity contribution in [3.63, 3.8) is 0 Å². The molecular weight excluding hydrogens is 295 g/mol. The Labute approximate surface area is 123 Å². The average Bonchev–Trinajstić information content (AvgIpc) is 2.46. The first-order valence-corrected chi connectivity index (χ1v) is 6.90. The van der Waals surface area contributed by atoms with Crippen LogP contribution in [0.3, 0.4) is 0 Å². The summed E-state index contributed by atoms with van der Waals surface area (Å²) in [5.41, 5.74) is 0.272. The number of rotatable bonds is 1. The summed E-state index contributed by atoms with van der Waals surface area (Å²) in [7, 11) is 0. The zero-order valence-corrected chi connectivity index (χ0v) is 11.5. The van der Waals surface area contributed by atoms with Crippen LogP contribution in [0, 0.1) is 11.3 Å². The van der Waals surface area contributed by atoms with Gasteiger partial charge in [0.1, 0.15) is 5.82 Å². The fraction of sp³-hybridized carbons (Fsp3) is 0.400. The molecule has 0 saturated heterocycles. The third kappa shape index (κ3) is 2.56. The molecule has 1 unspecified atom stereocenters.